The highest BCUT2D eigenvalue weighted by Crippen LogP contribution is 2.48. The van der Waals surface area contributed by atoms with Gasteiger partial charge in [-0.2, -0.15) is 0 Å². The van der Waals surface area contributed by atoms with Crippen molar-refractivity contribution in [3.05, 3.63) is 0 Å². The third-order valence-corrected chi connectivity index (χ3v) is 1.38. The molecule has 0 bridgehead atoms. The second-order valence-electron chi connectivity index (χ2n) is 2.18. The van der Waals surface area contributed by atoms with E-state index in [2.05, 4.69) is 10.3 Å². The van der Waals surface area contributed by atoms with Gasteiger partial charge in [-0.3, -0.25) is 0 Å². The molecule has 0 amide bonds. The molecule has 54 valence electrons. The van der Waals surface area contributed by atoms with Gasteiger partial charge in [-0.05, 0) is 0 Å². The first-order chi connectivity index (χ1) is 4.17. The zero-order chi connectivity index (χ0) is 6.91. The van der Waals surface area contributed by atoms with Crippen LogP contribution in [0.25, 0.3) is 0 Å². The normalized spacial score (nSPS) is 30.3. The summed E-state index contributed by atoms with van der Waals surface area (Å²) in [7, 11) is 1.56. The molecule has 0 heterocycles. The number of hydrogen-bond acceptors (Lipinski definition) is 2. The predicted molar refractivity (Wildman–Crippen MR) is 28.1 cm³/mol. The molecule has 1 aliphatic rings. The fourth-order valence-electron chi connectivity index (χ4n) is 0.634. The minimum atomic E-state index is -2.45. The molecule has 1 atom stereocenters. The Bertz CT molecular complexity index is 107. The molecule has 2 nitrogen and oxygen atoms in total. The molecule has 1 unspecified atom stereocenters. The topological polar surface area (TPSA) is 21.3 Å². The van der Waals surface area contributed by atoms with Gasteiger partial charge in [0.15, 0.2) is 0 Å². The van der Waals surface area contributed by atoms with Gasteiger partial charge >= 0.3 is 0 Å². The molecule has 0 aromatic carbocycles. The van der Waals surface area contributed by atoms with E-state index in [4.69, 9.17) is 0 Å². The lowest BCUT2D eigenvalue weighted by Crippen LogP contribution is -2.12. The van der Waals surface area contributed by atoms with Gasteiger partial charge < -0.3 is 4.84 Å². The largest absolute Gasteiger partial charge is 0.302 e. The zero-order valence-electron chi connectivity index (χ0n) is 5.16. The maximum Gasteiger partial charge on any atom is 0.254 e. The van der Waals surface area contributed by atoms with Crippen molar-refractivity contribution in [2.24, 2.45) is 5.92 Å². The van der Waals surface area contributed by atoms with Crippen LogP contribution in [0.15, 0.2) is 0 Å². The highest BCUT2D eigenvalue weighted by atomic mass is 19.3. The molecular weight excluding hydrogens is 128 g/mol. The highest BCUT2D eigenvalue weighted by molar-refractivity contribution is 4.94. The van der Waals surface area contributed by atoms with E-state index in [0.717, 1.165) is 0 Å². The van der Waals surface area contributed by atoms with Crippen LogP contribution in [0.4, 0.5) is 8.78 Å². The second-order valence-corrected chi connectivity index (χ2v) is 2.18. The summed E-state index contributed by atoms with van der Waals surface area (Å²) < 4.78 is 24.0. The first-order valence-corrected chi connectivity index (χ1v) is 2.83. The summed E-state index contributed by atoms with van der Waals surface area (Å²) >= 11 is 0. The van der Waals surface area contributed by atoms with Crippen molar-refractivity contribution in [3.63, 3.8) is 0 Å². The molecule has 9 heavy (non-hydrogen) atoms. The summed E-state index contributed by atoms with van der Waals surface area (Å²) in [6.07, 6.45) is -0.0192. The lowest BCUT2D eigenvalue weighted by atomic mass is 10.5. The van der Waals surface area contributed by atoms with Crippen molar-refractivity contribution in [3.8, 4) is 0 Å². The van der Waals surface area contributed by atoms with Crippen LogP contribution in [-0.4, -0.2) is 19.6 Å². The molecule has 1 fully saturated rings. The molecular formula is C5H9F2NO. The molecule has 1 aliphatic carbocycles. The van der Waals surface area contributed by atoms with E-state index in [1.165, 1.54) is 0 Å². The van der Waals surface area contributed by atoms with Crippen LogP contribution in [0, 0.1) is 5.92 Å². The Kier molecular flexibility index (Phi) is 1.68. The standard InChI is InChI=1S/C5H9F2NO/c1-8-9-3-4-2-5(4,6)7/h4,8H,2-3H2,1H3. The molecule has 0 spiro atoms. The summed E-state index contributed by atoms with van der Waals surface area (Å²) in [6, 6.07) is 0. The average Bonchev–Trinajstić information content (AvgIpc) is 2.35. The minimum absolute atomic E-state index is 0.0192. The number of hydroxylamine groups is 1. The molecule has 1 saturated carbocycles. The van der Waals surface area contributed by atoms with Gasteiger partial charge in [0.25, 0.3) is 5.92 Å². The van der Waals surface area contributed by atoms with Crippen LogP contribution in [0.2, 0.25) is 0 Å². The number of nitrogens with one attached hydrogen (secondary N) is 1. The van der Waals surface area contributed by atoms with Crippen LogP contribution in [0.3, 0.4) is 0 Å². The van der Waals surface area contributed by atoms with E-state index < -0.39 is 11.8 Å². The molecule has 0 radical (unpaired) electrons. The molecule has 0 aromatic heterocycles. The number of halogens is 2. The summed E-state index contributed by atoms with van der Waals surface area (Å²) in [5, 5.41) is 0. The Morgan fingerprint density at radius 2 is 2.33 bits per heavy atom. The van der Waals surface area contributed by atoms with Crippen molar-refractivity contribution < 1.29 is 13.6 Å². The van der Waals surface area contributed by atoms with Crippen molar-refractivity contribution in [2.75, 3.05) is 13.7 Å². The van der Waals surface area contributed by atoms with Crippen LogP contribution < -0.4 is 5.48 Å². The van der Waals surface area contributed by atoms with Crippen LogP contribution in [0.5, 0.6) is 0 Å². The fraction of sp³-hybridized carbons (Fsp3) is 1.00. The molecule has 1 N–H and O–H groups in total. The number of rotatable bonds is 3. The Morgan fingerprint density at radius 3 is 2.67 bits per heavy atom. The van der Waals surface area contributed by atoms with E-state index in [0.29, 0.717) is 0 Å². The Balaban J connectivity index is 2.06. The predicted octanol–water partition coefficient (Wildman–Crippen LogP) is 0.793. The quantitative estimate of drug-likeness (QED) is 0.581. The van der Waals surface area contributed by atoms with Crippen molar-refractivity contribution >= 4 is 0 Å². The first-order valence-electron chi connectivity index (χ1n) is 2.83. The van der Waals surface area contributed by atoms with Gasteiger partial charge in [0, 0.05) is 13.5 Å². The Hall–Kier alpha value is -0.220. The summed E-state index contributed by atoms with van der Waals surface area (Å²) in [6.45, 7) is 0.115. The van der Waals surface area contributed by atoms with Gasteiger partial charge in [0.2, 0.25) is 0 Å². The van der Waals surface area contributed by atoms with Gasteiger partial charge in [-0.1, -0.05) is 0 Å². The molecule has 4 heteroatoms. The minimum Gasteiger partial charge on any atom is -0.302 e. The average molecular weight is 137 g/mol. The monoisotopic (exact) mass is 137 g/mol. The Morgan fingerprint density at radius 1 is 1.78 bits per heavy atom. The van der Waals surface area contributed by atoms with Crippen LogP contribution in [0.1, 0.15) is 6.42 Å². The van der Waals surface area contributed by atoms with Crippen LogP contribution in [-0.2, 0) is 4.84 Å². The molecule has 0 aromatic rings. The van der Waals surface area contributed by atoms with Gasteiger partial charge in [0.05, 0.1) is 12.5 Å². The van der Waals surface area contributed by atoms with Gasteiger partial charge in [-0.15, -0.1) is 0 Å². The molecule has 1 rings (SSSR count). The van der Waals surface area contributed by atoms with E-state index in [9.17, 15) is 8.78 Å². The first kappa shape index (κ1) is 6.89. The summed E-state index contributed by atoms with van der Waals surface area (Å²) in [5.74, 6) is -3.00. The van der Waals surface area contributed by atoms with E-state index in [1.807, 2.05) is 0 Å². The third-order valence-electron chi connectivity index (χ3n) is 1.38. The Labute approximate surface area is 52.1 Å². The third kappa shape index (κ3) is 1.59. The smallest absolute Gasteiger partial charge is 0.254 e. The zero-order valence-corrected chi connectivity index (χ0v) is 5.16. The molecule has 0 saturated heterocycles. The maximum atomic E-state index is 12.0. The van der Waals surface area contributed by atoms with E-state index >= 15 is 0 Å². The highest BCUT2D eigenvalue weighted by Gasteiger charge is 2.56. The van der Waals surface area contributed by atoms with Crippen LogP contribution >= 0.6 is 0 Å². The number of hydrogen-bond donors (Lipinski definition) is 1. The number of alkyl halides is 2. The van der Waals surface area contributed by atoms with E-state index in [1.54, 1.807) is 7.05 Å². The van der Waals surface area contributed by atoms with Crippen molar-refractivity contribution in [1.82, 2.24) is 5.48 Å². The van der Waals surface area contributed by atoms with Crippen molar-refractivity contribution in [1.29, 1.82) is 0 Å². The van der Waals surface area contributed by atoms with Crippen molar-refractivity contribution in [2.45, 2.75) is 12.3 Å². The SMILES string of the molecule is CNOCC1CC1(F)F. The maximum absolute atomic E-state index is 12.0. The fourth-order valence-corrected chi connectivity index (χ4v) is 0.634. The second kappa shape index (κ2) is 2.19. The summed E-state index contributed by atoms with van der Waals surface area (Å²) in [4.78, 5) is 4.56. The summed E-state index contributed by atoms with van der Waals surface area (Å²) in [5.41, 5.74) is 2.34. The molecule has 0 aliphatic heterocycles. The van der Waals surface area contributed by atoms with Gasteiger partial charge in [0.1, 0.15) is 0 Å². The lowest BCUT2D eigenvalue weighted by Gasteiger charge is -1.97. The lowest BCUT2D eigenvalue weighted by molar-refractivity contribution is 0.0164. The van der Waals surface area contributed by atoms with E-state index in [-0.39, 0.29) is 13.0 Å². The van der Waals surface area contributed by atoms with Gasteiger partial charge in [-0.25, -0.2) is 14.3 Å².